The summed E-state index contributed by atoms with van der Waals surface area (Å²) in [5.74, 6) is 0.234. The summed E-state index contributed by atoms with van der Waals surface area (Å²) in [6.07, 6.45) is 2.57. The van der Waals surface area contributed by atoms with E-state index < -0.39 is 0 Å². The maximum absolute atomic E-state index is 13.0. The number of amides is 1. The highest BCUT2D eigenvalue weighted by Crippen LogP contribution is 2.22. The molecule has 0 N–H and O–H groups in total. The lowest BCUT2D eigenvalue weighted by Crippen LogP contribution is -2.54. The Morgan fingerprint density at radius 1 is 1.04 bits per heavy atom. The van der Waals surface area contributed by atoms with Crippen LogP contribution in [-0.2, 0) is 24.8 Å². The summed E-state index contributed by atoms with van der Waals surface area (Å²) in [6, 6.07) is 19.1. The van der Waals surface area contributed by atoms with Crippen LogP contribution in [-0.4, -0.2) is 46.0 Å². The van der Waals surface area contributed by atoms with Gasteiger partial charge in [-0.05, 0) is 24.1 Å². The largest absolute Gasteiger partial charge is 0.350 e. The average Bonchev–Trinajstić information content (AvgIpc) is 2.98. The number of aryl methyl sites for hydroxylation is 1. The first kappa shape index (κ1) is 17.8. The molecule has 140 valence electrons. The molecule has 0 radical (unpaired) electrons. The zero-order valence-electron chi connectivity index (χ0n) is 16.1. The van der Waals surface area contributed by atoms with Crippen molar-refractivity contribution < 1.29 is 4.79 Å². The minimum atomic E-state index is 0.234. The van der Waals surface area contributed by atoms with Crippen LogP contribution in [0.5, 0.6) is 0 Å². The van der Waals surface area contributed by atoms with Crippen LogP contribution >= 0.6 is 0 Å². The van der Waals surface area contributed by atoms with Gasteiger partial charge in [-0.15, -0.1) is 0 Å². The van der Waals surface area contributed by atoms with E-state index >= 15 is 0 Å². The van der Waals surface area contributed by atoms with Crippen LogP contribution in [0.15, 0.2) is 60.8 Å². The SMILES string of the molecule is CC1CN(Cc2ccccc2)CCN1C(=O)Cc1cn(C)c2ccccc12. The molecule has 1 aliphatic rings. The van der Waals surface area contributed by atoms with E-state index in [2.05, 4.69) is 70.0 Å². The molecule has 0 bridgehead atoms. The summed E-state index contributed by atoms with van der Waals surface area (Å²) in [4.78, 5) is 17.5. The fourth-order valence-electron chi connectivity index (χ4n) is 4.22. The van der Waals surface area contributed by atoms with Gasteiger partial charge in [0.1, 0.15) is 0 Å². The summed E-state index contributed by atoms with van der Waals surface area (Å²) in [6.45, 7) is 5.78. The number of benzene rings is 2. The maximum Gasteiger partial charge on any atom is 0.227 e. The zero-order chi connectivity index (χ0) is 18.8. The van der Waals surface area contributed by atoms with Crippen LogP contribution < -0.4 is 0 Å². The highest BCUT2D eigenvalue weighted by molar-refractivity contribution is 5.89. The van der Waals surface area contributed by atoms with Gasteiger partial charge in [0.15, 0.2) is 0 Å². The summed E-state index contributed by atoms with van der Waals surface area (Å²) in [7, 11) is 2.04. The fourth-order valence-corrected chi connectivity index (χ4v) is 4.22. The predicted molar refractivity (Wildman–Crippen MR) is 110 cm³/mol. The second kappa shape index (κ2) is 7.57. The summed E-state index contributed by atoms with van der Waals surface area (Å²) in [5, 5.41) is 1.18. The smallest absolute Gasteiger partial charge is 0.227 e. The van der Waals surface area contributed by atoms with E-state index in [1.807, 2.05) is 19.2 Å². The van der Waals surface area contributed by atoms with Crippen molar-refractivity contribution in [1.29, 1.82) is 0 Å². The Kier molecular flexibility index (Phi) is 4.99. The summed E-state index contributed by atoms with van der Waals surface area (Å²) in [5.41, 5.74) is 3.64. The minimum Gasteiger partial charge on any atom is -0.350 e. The Balaban J connectivity index is 1.41. The zero-order valence-corrected chi connectivity index (χ0v) is 16.1. The molecule has 0 saturated carbocycles. The third kappa shape index (κ3) is 3.76. The van der Waals surface area contributed by atoms with Gasteiger partial charge in [-0.1, -0.05) is 48.5 Å². The van der Waals surface area contributed by atoms with Crippen LogP contribution in [0.1, 0.15) is 18.1 Å². The molecule has 0 aliphatic carbocycles. The molecule has 4 heteroatoms. The van der Waals surface area contributed by atoms with Gasteiger partial charge in [0.05, 0.1) is 6.42 Å². The number of fused-ring (bicyclic) bond motifs is 1. The Morgan fingerprint density at radius 2 is 1.78 bits per heavy atom. The number of aromatic nitrogens is 1. The third-order valence-corrected chi connectivity index (χ3v) is 5.60. The quantitative estimate of drug-likeness (QED) is 0.712. The maximum atomic E-state index is 13.0. The number of piperazine rings is 1. The fraction of sp³-hybridized carbons (Fsp3) is 0.348. The molecule has 1 atom stereocenters. The lowest BCUT2D eigenvalue weighted by Gasteiger charge is -2.40. The molecule has 1 aliphatic heterocycles. The highest BCUT2D eigenvalue weighted by Gasteiger charge is 2.27. The standard InChI is InChI=1S/C23H27N3O/c1-18-15-25(16-19-8-4-3-5-9-19)12-13-26(18)23(27)14-20-17-24(2)22-11-7-6-10-21(20)22/h3-11,17-18H,12-16H2,1-2H3. The van der Waals surface area contributed by atoms with Crippen molar-refractivity contribution in [2.75, 3.05) is 19.6 Å². The van der Waals surface area contributed by atoms with E-state index in [-0.39, 0.29) is 11.9 Å². The first-order chi connectivity index (χ1) is 13.1. The molecule has 27 heavy (non-hydrogen) atoms. The van der Waals surface area contributed by atoms with Gasteiger partial charge >= 0.3 is 0 Å². The molecule has 3 aromatic rings. The molecule has 1 aromatic heterocycles. The molecular formula is C23H27N3O. The molecule has 2 heterocycles. The predicted octanol–water partition coefficient (Wildman–Crippen LogP) is 3.45. The van der Waals surface area contributed by atoms with Crippen molar-refractivity contribution in [1.82, 2.24) is 14.4 Å². The van der Waals surface area contributed by atoms with Gasteiger partial charge in [-0.25, -0.2) is 0 Å². The first-order valence-corrected chi connectivity index (χ1v) is 9.70. The van der Waals surface area contributed by atoms with Crippen molar-refractivity contribution in [3.05, 3.63) is 71.9 Å². The Bertz CT molecular complexity index is 931. The lowest BCUT2D eigenvalue weighted by molar-refractivity contribution is -0.135. The number of nitrogens with zero attached hydrogens (tertiary/aromatic N) is 3. The lowest BCUT2D eigenvalue weighted by atomic mass is 10.1. The van der Waals surface area contributed by atoms with E-state index in [0.717, 1.165) is 31.7 Å². The Labute approximate surface area is 161 Å². The van der Waals surface area contributed by atoms with Crippen LogP contribution in [0, 0.1) is 0 Å². The third-order valence-electron chi connectivity index (χ3n) is 5.60. The van der Waals surface area contributed by atoms with E-state index in [0.29, 0.717) is 6.42 Å². The molecule has 1 fully saturated rings. The molecule has 4 rings (SSSR count). The number of carbonyl (C=O) groups is 1. The van der Waals surface area contributed by atoms with E-state index in [1.54, 1.807) is 0 Å². The normalized spacial score (nSPS) is 18.1. The van der Waals surface area contributed by atoms with Gasteiger partial charge in [-0.2, -0.15) is 0 Å². The number of rotatable bonds is 4. The van der Waals surface area contributed by atoms with E-state index in [4.69, 9.17) is 0 Å². The Morgan fingerprint density at radius 3 is 2.56 bits per heavy atom. The molecule has 1 saturated heterocycles. The Hall–Kier alpha value is -2.59. The van der Waals surface area contributed by atoms with Crippen LogP contribution in [0.3, 0.4) is 0 Å². The van der Waals surface area contributed by atoms with Gasteiger partial charge < -0.3 is 9.47 Å². The molecule has 1 unspecified atom stereocenters. The topological polar surface area (TPSA) is 28.5 Å². The number of carbonyl (C=O) groups excluding carboxylic acids is 1. The van der Waals surface area contributed by atoms with Crippen molar-refractivity contribution >= 4 is 16.8 Å². The van der Waals surface area contributed by atoms with Crippen molar-refractivity contribution in [3.63, 3.8) is 0 Å². The summed E-state index contributed by atoms with van der Waals surface area (Å²) < 4.78 is 2.11. The summed E-state index contributed by atoms with van der Waals surface area (Å²) >= 11 is 0. The molecule has 4 nitrogen and oxygen atoms in total. The van der Waals surface area contributed by atoms with Crippen molar-refractivity contribution in [3.8, 4) is 0 Å². The van der Waals surface area contributed by atoms with E-state index in [9.17, 15) is 4.79 Å². The monoisotopic (exact) mass is 361 g/mol. The van der Waals surface area contributed by atoms with Crippen molar-refractivity contribution in [2.45, 2.75) is 25.9 Å². The van der Waals surface area contributed by atoms with Gasteiger partial charge in [0.2, 0.25) is 5.91 Å². The number of para-hydroxylation sites is 1. The van der Waals surface area contributed by atoms with Gasteiger partial charge in [0, 0.05) is 56.4 Å². The molecule has 0 spiro atoms. The van der Waals surface area contributed by atoms with E-state index in [1.165, 1.54) is 16.5 Å². The minimum absolute atomic E-state index is 0.234. The number of hydrogen-bond donors (Lipinski definition) is 0. The van der Waals surface area contributed by atoms with Gasteiger partial charge in [0.25, 0.3) is 0 Å². The van der Waals surface area contributed by atoms with Gasteiger partial charge in [-0.3, -0.25) is 9.69 Å². The first-order valence-electron chi connectivity index (χ1n) is 9.70. The molecule has 2 aromatic carbocycles. The average molecular weight is 361 g/mol. The number of hydrogen-bond acceptors (Lipinski definition) is 2. The molecular weight excluding hydrogens is 334 g/mol. The van der Waals surface area contributed by atoms with Crippen LogP contribution in [0.25, 0.3) is 10.9 Å². The van der Waals surface area contributed by atoms with Crippen LogP contribution in [0.2, 0.25) is 0 Å². The van der Waals surface area contributed by atoms with Crippen LogP contribution in [0.4, 0.5) is 0 Å². The molecule has 1 amide bonds. The highest BCUT2D eigenvalue weighted by atomic mass is 16.2. The van der Waals surface area contributed by atoms with Crippen molar-refractivity contribution in [2.24, 2.45) is 7.05 Å². The second-order valence-corrected chi connectivity index (χ2v) is 7.62. The second-order valence-electron chi connectivity index (χ2n) is 7.62.